The van der Waals surface area contributed by atoms with Gasteiger partial charge in [-0.2, -0.15) is 5.10 Å². The second-order valence-corrected chi connectivity index (χ2v) is 9.23. The van der Waals surface area contributed by atoms with Crippen molar-refractivity contribution in [2.75, 3.05) is 31.1 Å². The van der Waals surface area contributed by atoms with Crippen LogP contribution in [0.2, 0.25) is 0 Å². The summed E-state index contributed by atoms with van der Waals surface area (Å²) in [6.45, 7) is 4.07. The van der Waals surface area contributed by atoms with Crippen molar-refractivity contribution >= 4 is 11.6 Å². The lowest BCUT2D eigenvalue weighted by molar-refractivity contribution is -0.131. The number of carbonyl (C=O) groups is 1. The van der Waals surface area contributed by atoms with Crippen molar-refractivity contribution in [1.82, 2.24) is 15.1 Å². The Balaban J connectivity index is 1.17. The maximum atomic E-state index is 12.7. The highest BCUT2D eigenvalue weighted by Gasteiger charge is 2.30. The van der Waals surface area contributed by atoms with Crippen molar-refractivity contribution in [2.45, 2.75) is 51.4 Å². The van der Waals surface area contributed by atoms with Gasteiger partial charge >= 0.3 is 0 Å². The standard InChI is InChI=1S/C24H32N4O/c29-24(12-18-4-2-1-3-5-18)28-10-8-19(17-28)16-27-11-9-21-13-20(6-7-23(21)27)22-14-25-26-15-22/h6-7,13-15,18-19H,1-5,8-12,16-17H2,(H,25,26). The van der Waals surface area contributed by atoms with E-state index in [-0.39, 0.29) is 0 Å². The lowest BCUT2D eigenvalue weighted by Crippen LogP contribution is -2.33. The maximum Gasteiger partial charge on any atom is 0.222 e. The zero-order valence-corrected chi connectivity index (χ0v) is 17.3. The lowest BCUT2D eigenvalue weighted by atomic mass is 9.87. The Morgan fingerprint density at radius 3 is 2.79 bits per heavy atom. The van der Waals surface area contributed by atoms with Gasteiger partial charge in [-0.05, 0) is 60.8 Å². The van der Waals surface area contributed by atoms with Crippen LogP contribution in [-0.4, -0.2) is 47.2 Å². The van der Waals surface area contributed by atoms with Crippen molar-refractivity contribution in [3.63, 3.8) is 0 Å². The first-order valence-electron chi connectivity index (χ1n) is 11.4. The van der Waals surface area contributed by atoms with Gasteiger partial charge < -0.3 is 9.80 Å². The van der Waals surface area contributed by atoms with Gasteiger partial charge in [0.1, 0.15) is 0 Å². The second-order valence-electron chi connectivity index (χ2n) is 9.23. The minimum atomic E-state index is 0.408. The maximum absolute atomic E-state index is 12.7. The summed E-state index contributed by atoms with van der Waals surface area (Å²) in [6.07, 6.45) is 13.4. The molecule has 29 heavy (non-hydrogen) atoms. The first-order valence-corrected chi connectivity index (χ1v) is 11.4. The largest absolute Gasteiger partial charge is 0.371 e. The van der Waals surface area contributed by atoms with E-state index in [9.17, 15) is 4.79 Å². The molecular formula is C24H32N4O. The molecule has 5 rings (SSSR count). The average Bonchev–Trinajstić information content (AvgIpc) is 3.50. The molecule has 1 N–H and O–H groups in total. The highest BCUT2D eigenvalue weighted by Crippen LogP contribution is 2.34. The van der Waals surface area contributed by atoms with Crippen LogP contribution in [0.25, 0.3) is 11.1 Å². The molecule has 1 saturated heterocycles. The third-order valence-corrected chi connectivity index (χ3v) is 7.21. The van der Waals surface area contributed by atoms with E-state index in [2.05, 4.69) is 38.2 Å². The van der Waals surface area contributed by atoms with E-state index in [0.29, 0.717) is 17.7 Å². The summed E-state index contributed by atoms with van der Waals surface area (Å²) in [5.41, 5.74) is 5.20. The summed E-state index contributed by atoms with van der Waals surface area (Å²) < 4.78 is 0. The fourth-order valence-electron chi connectivity index (χ4n) is 5.54. The van der Waals surface area contributed by atoms with Crippen molar-refractivity contribution in [3.8, 4) is 11.1 Å². The molecule has 154 valence electrons. The normalized spacial score (nSPS) is 22.3. The van der Waals surface area contributed by atoms with Crippen LogP contribution >= 0.6 is 0 Å². The number of hydrogen-bond acceptors (Lipinski definition) is 3. The van der Waals surface area contributed by atoms with Gasteiger partial charge in [-0.3, -0.25) is 9.89 Å². The molecule has 1 amide bonds. The van der Waals surface area contributed by atoms with Gasteiger partial charge in [0.15, 0.2) is 0 Å². The molecule has 1 aromatic carbocycles. The Labute approximate surface area is 173 Å². The summed E-state index contributed by atoms with van der Waals surface area (Å²) in [7, 11) is 0. The molecule has 3 heterocycles. The van der Waals surface area contributed by atoms with Gasteiger partial charge in [-0.25, -0.2) is 0 Å². The number of hydrogen-bond donors (Lipinski definition) is 1. The Bertz CT molecular complexity index is 841. The Morgan fingerprint density at radius 2 is 1.97 bits per heavy atom. The monoisotopic (exact) mass is 392 g/mol. The smallest absolute Gasteiger partial charge is 0.222 e. The summed E-state index contributed by atoms with van der Waals surface area (Å²) in [5, 5.41) is 6.97. The summed E-state index contributed by atoms with van der Waals surface area (Å²) in [4.78, 5) is 17.4. The first kappa shape index (κ1) is 18.7. The molecule has 2 fully saturated rings. The number of nitrogens with one attached hydrogen (secondary N) is 1. The molecule has 1 saturated carbocycles. The van der Waals surface area contributed by atoms with Crippen molar-refractivity contribution in [3.05, 3.63) is 36.2 Å². The Hall–Kier alpha value is -2.30. The van der Waals surface area contributed by atoms with Gasteiger partial charge in [0.05, 0.1) is 6.20 Å². The molecule has 1 aliphatic carbocycles. The number of aromatic amines is 1. The molecule has 5 heteroatoms. The van der Waals surface area contributed by atoms with Crippen LogP contribution in [0.15, 0.2) is 30.6 Å². The zero-order valence-electron chi connectivity index (χ0n) is 17.3. The predicted molar refractivity (Wildman–Crippen MR) is 116 cm³/mol. The summed E-state index contributed by atoms with van der Waals surface area (Å²) in [5.74, 6) is 1.65. The van der Waals surface area contributed by atoms with Gasteiger partial charge in [0, 0.05) is 50.0 Å². The molecule has 0 spiro atoms. The number of aromatic nitrogens is 2. The summed E-state index contributed by atoms with van der Waals surface area (Å²) in [6, 6.07) is 6.79. The zero-order chi connectivity index (χ0) is 19.6. The third-order valence-electron chi connectivity index (χ3n) is 7.21. The first-order chi connectivity index (χ1) is 14.3. The quantitative estimate of drug-likeness (QED) is 0.827. The van der Waals surface area contributed by atoms with Crippen molar-refractivity contribution < 1.29 is 4.79 Å². The van der Waals surface area contributed by atoms with E-state index < -0.39 is 0 Å². The van der Waals surface area contributed by atoms with Gasteiger partial charge in [0.25, 0.3) is 0 Å². The number of carbonyl (C=O) groups excluding carboxylic acids is 1. The molecule has 2 aliphatic heterocycles. The third kappa shape index (κ3) is 4.05. The number of H-pyrrole nitrogens is 1. The van der Waals surface area contributed by atoms with Crippen LogP contribution in [-0.2, 0) is 11.2 Å². The fourth-order valence-corrected chi connectivity index (χ4v) is 5.54. The molecule has 1 aromatic heterocycles. The van der Waals surface area contributed by atoms with E-state index in [1.165, 1.54) is 48.9 Å². The van der Waals surface area contributed by atoms with Crippen LogP contribution in [0.1, 0.15) is 50.5 Å². The molecule has 1 atom stereocenters. The number of benzene rings is 1. The SMILES string of the molecule is O=C(CC1CCCCC1)N1CCC(CN2CCc3cc(-c4cn[nH]c4)ccc32)C1. The van der Waals surface area contributed by atoms with E-state index >= 15 is 0 Å². The summed E-state index contributed by atoms with van der Waals surface area (Å²) >= 11 is 0. The van der Waals surface area contributed by atoms with Crippen molar-refractivity contribution in [1.29, 1.82) is 0 Å². The number of anilines is 1. The van der Waals surface area contributed by atoms with Gasteiger partial charge in [-0.15, -0.1) is 0 Å². The molecular weight excluding hydrogens is 360 g/mol. The van der Waals surface area contributed by atoms with E-state index in [1.54, 1.807) is 0 Å². The number of amides is 1. The molecule has 1 unspecified atom stereocenters. The number of nitrogens with zero attached hydrogens (tertiary/aromatic N) is 3. The van der Waals surface area contributed by atoms with E-state index in [1.807, 2.05) is 12.4 Å². The Morgan fingerprint density at radius 1 is 1.07 bits per heavy atom. The van der Waals surface area contributed by atoms with Crippen LogP contribution in [0.4, 0.5) is 5.69 Å². The highest BCUT2D eigenvalue weighted by molar-refractivity contribution is 5.76. The highest BCUT2D eigenvalue weighted by atomic mass is 16.2. The van der Waals surface area contributed by atoms with Crippen LogP contribution in [0.3, 0.4) is 0 Å². The minimum Gasteiger partial charge on any atom is -0.371 e. The number of rotatable bonds is 5. The minimum absolute atomic E-state index is 0.408. The molecule has 2 aromatic rings. The number of likely N-dealkylation sites (tertiary alicyclic amines) is 1. The van der Waals surface area contributed by atoms with E-state index in [4.69, 9.17) is 0 Å². The van der Waals surface area contributed by atoms with Gasteiger partial charge in [-0.1, -0.05) is 25.3 Å². The van der Waals surface area contributed by atoms with Crippen LogP contribution in [0, 0.1) is 11.8 Å². The second kappa shape index (κ2) is 8.21. The fraction of sp³-hybridized carbons (Fsp3) is 0.583. The topological polar surface area (TPSA) is 52.2 Å². The van der Waals surface area contributed by atoms with Crippen LogP contribution in [0.5, 0.6) is 0 Å². The Kier molecular flexibility index (Phi) is 5.30. The lowest BCUT2D eigenvalue weighted by Gasteiger charge is -2.25. The van der Waals surface area contributed by atoms with Crippen LogP contribution < -0.4 is 4.90 Å². The number of fused-ring (bicyclic) bond motifs is 1. The van der Waals surface area contributed by atoms with Gasteiger partial charge in [0.2, 0.25) is 5.91 Å². The van der Waals surface area contributed by atoms with Crippen molar-refractivity contribution in [2.24, 2.45) is 11.8 Å². The average molecular weight is 393 g/mol. The molecule has 3 aliphatic rings. The predicted octanol–water partition coefficient (Wildman–Crippen LogP) is 4.26. The molecule has 0 radical (unpaired) electrons. The van der Waals surface area contributed by atoms with E-state index in [0.717, 1.165) is 51.0 Å². The molecule has 5 nitrogen and oxygen atoms in total. The molecule has 0 bridgehead atoms.